The molecule has 9 nitrogen and oxygen atoms in total. The zero-order chi connectivity index (χ0) is 20.9. The summed E-state index contributed by atoms with van der Waals surface area (Å²) in [5, 5.41) is 39.6. The molecule has 28 heavy (non-hydrogen) atoms. The number of rotatable bonds is 10. The lowest BCUT2D eigenvalue weighted by Crippen LogP contribution is -2.65. The van der Waals surface area contributed by atoms with Crippen LogP contribution in [0, 0.1) is 6.92 Å². The maximum Gasteiger partial charge on any atom is 0.271 e. The number of carbonyl (C=O) groups excluding carboxylic acids is 1. The Labute approximate surface area is 165 Å². The van der Waals surface area contributed by atoms with Crippen LogP contribution in [0.3, 0.4) is 0 Å². The summed E-state index contributed by atoms with van der Waals surface area (Å²) < 4.78 is 5.94. The Morgan fingerprint density at radius 1 is 1.50 bits per heavy atom. The van der Waals surface area contributed by atoms with Gasteiger partial charge in [0.1, 0.15) is 29.4 Å². The number of aliphatic hydroxyl groups excluding tert-OH is 2. The lowest BCUT2D eigenvalue weighted by Gasteiger charge is -2.42. The highest BCUT2D eigenvalue weighted by molar-refractivity contribution is 6.25. The van der Waals surface area contributed by atoms with Crippen molar-refractivity contribution in [3.8, 4) is 11.5 Å². The number of aliphatic hydroxyl groups is 2. The van der Waals surface area contributed by atoms with E-state index in [-0.39, 0.29) is 25.9 Å². The number of aromatic hydroxyl groups is 1. The highest BCUT2D eigenvalue weighted by Crippen LogP contribution is 2.32. The first-order chi connectivity index (χ1) is 13.2. The predicted octanol–water partition coefficient (Wildman–Crippen LogP) is -1.79. The monoisotopic (exact) mass is 395 g/mol. The van der Waals surface area contributed by atoms with E-state index in [4.69, 9.17) is 20.6 Å². The predicted molar refractivity (Wildman–Crippen MR) is 105 cm³/mol. The minimum atomic E-state index is -1.33. The maximum atomic E-state index is 12.1. The molecule has 10 heteroatoms. The topological polar surface area (TPSA) is 149 Å². The van der Waals surface area contributed by atoms with Crippen LogP contribution in [0.5, 0.6) is 11.5 Å². The second-order valence-electron chi connectivity index (χ2n) is 7.55. The summed E-state index contributed by atoms with van der Waals surface area (Å²) in [6, 6.07) is 3.62. The molecule has 1 aliphatic heterocycles. The minimum absolute atomic E-state index is 0.0751. The number of hydrogen-bond donors (Lipinski definition) is 6. The zero-order valence-corrected chi connectivity index (χ0v) is 16.4. The number of likely N-dealkylation sites (tertiary alicyclic amines) is 1. The molecule has 7 N–H and O–H groups in total. The van der Waals surface area contributed by atoms with Gasteiger partial charge in [0.15, 0.2) is 0 Å². The molecule has 0 saturated carbocycles. The fourth-order valence-corrected chi connectivity index (χ4v) is 3.14. The van der Waals surface area contributed by atoms with E-state index in [1.54, 1.807) is 19.9 Å². The summed E-state index contributed by atoms with van der Waals surface area (Å²) in [6.07, 6.45) is -0.226. The van der Waals surface area contributed by atoms with E-state index in [0.717, 1.165) is 5.56 Å². The Morgan fingerprint density at radius 3 is 2.79 bits per heavy atom. The van der Waals surface area contributed by atoms with Crippen molar-refractivity contribution in [3.63, 3.8) is 0 Å². The van der Waals surface area contributed by atoms with Crippen molar-refractivity contribution in [1.29, 1.82) is 0 Å². The molecule has 156 valence electrons. The Hall–Kier alpha value is -1.85. The number of aryl methyl sites for hydroxylation is 1. The first-order valence-electron chi connectivity index (χ1n) is 9.38. The number of carbonyl (C=O) groups is 1. The number of nitrogens with one attached hydrogen (secondary N) is 1. The van der Waals surface area contributed by atoms with Gasteiger partial charge in [-0.05, 0) is 38.2 Å². The summed E-state index contributed by atoms with van der Waals surface area (Å²) >= 11 is 0. The van der Waals surface area contributed by atoms with Crippen molar-refractivity contribution < 1.29 is 29.9 Å². The van der Waals surface area contributed by atoms with Crippen LogP contribution in [0.1, 0.15) is 18.1 Å². The molecule has 0 spiro atoms. The molecule has 1 aromatic rings. The van der Waals surface area contributed by atoms with Crippen LogP contribution in [-0.2, 0) is 11.2 Å². The summed E-state index contributed by atoms with van der Waals surface area (Å²) in [4.78, 5) is 14.0. The summed E-state index contributed by atoms with van der Waals surface area (Å²) in [6.45, 7) is 4.21. The van der Waals surface area contributed by atoms with Crippen molar-refractivity contribution in [2.24, 2.45) is 5.73 Å². The van der Waals surface area contributed by atoms with E-state index in [9.17, 15) is 15.0 Å². The molecule has 1 fully saturated rings. The molecule has 0 bridgehead atoms. The fraction of sp³-hybridized carbons (Fsp3) is 0.611. The highest BCUT2D eigenvalue weighted by atomic mass is 16.5. The largest absolute Gasteiger partial charge is 0.507 e. The molecule has 1 amide bonds. The van der Waals surface area contributed by atoms with Crippen LogP contribution in [-0.4, -0.2) is 82.7 Å². The molecule has 0 radical (unpaired) electrons. The number of ether oxygens (including phenoxy) is 1. The van der Waals surface area contributed by atoms with Gasteiger partial charge in [-0.3, -0.25) is 9.69 Å². The normalized spacial score (nSPS) is 18.1. The number of amides is 1. The number of nitrogens with two attached hydrogens (primary N) is 1. The average Bonchev–Trinajstić information content (AvgIpc) is 2.62. The van der Waals surface area contributed by atoms with E-state index < -0.39 is 24.3 Å². The quantitative estimate of drug-likeness (QED) is 0.201. The van der Waals surface area contributed by atoms with Crippen LogP contribution in [0.25, 0.3) is 0 Å². The number of phenolic OH excluding ortho intramolecular Hbond substituents is 1. The van der Waals surface area contributed by atoms with Gasteiger partial charge in [-0.25, -0.2) is 0 Å². The Bertz CT molecular complexity index is 682. The Morgan fingerprint density at radius 2 is 2.18 bits per heavy atom. The molecule has 1 aromatic carbocycles. The van der Waals surface area contributed by atoms with Gasteiger partial charge in [0, 0.05) is 25.2 Å². The summed E-state index contributed by atoms with van der Waals surface area (Å²) in [7, 11) is 0.0751. The lowest BCUT2D eigenvalue weighted by atomic mass is 9.90. The van der Waals surface area contributed by atoms with Gasteiger partial charge in [-0.1, -0.05) is 6.07 Å². The van der Waals surface area contributed by atoms with Gasteiger partial charge in [0.2, 0.25) is 5.91 Å². The van der Waals surface area contributed by atoms with Crippen LogP contribution in [0.15, 0.2) is 12.1 Å². The number of benzene rings is 1. The molecule has 1 heterocycles. The van der Waals surface area contributed by atoms with Gasteiger partial charge >= 0.3 is 0 Å². The van der Waals surface area contributed by atoms with Gasteiger partial charge < -0.3 is 36.1 Å². The summed E-state index contributed by atoms with van der Waals surface area (Å²) in [5.41, 5.74) is 6.26. The van der Waals surface area contributed by atoms with Gasteiger partial charge in [-0.15, -0.1) is 0 Å². The van der Waals surface area contributed by atoms with Gasteiger partial charge in [0.25, 0.3) is 7.48 Å². The zero-order valence-electron chi connectivity index (χ0n) is 16.4. The van der Waals surface area contributed by atoms with Crippen molar-refractivity contribution in [2.45, 2.75) is 44.5 Å². The Kier molecular flexibility index (Phi) is 7.67. The van der Waals surface area contributed by atoms with Crippen LogP contribution < -0.4 is 15.8 Å². The maximum absolute atomic E-state index is 12.1. The van der Waals surface area contributed by atoms with Crippen LogP contribution >= 0.6 is 0 Å². The third-order valence-corrected chi connectivity index (χ3v) is 4.83. The molecule has 1 saturated heterocycles. The van der Waals surface area contributed by atoms with E-state index in [0.29, 0.717) is 37.1 Å². The minimum Gasteiger partial charge on any atom is -0.507 e. The smallest absolute Gasteiger partial charge is 0.271 e. The number of phenols is 1. The molecule has 1 unspecified atom stereocenters. The SMILES string of the molecule is Cc1c(OC2CN(C[C@@](C)(N)C(=O)NC(O)CO)C2)ccc(CCBO)c1O. The van der Waals surface area contributed by atoms with Gasteiger partial charge in [0.05, 0.1) is 6.61 Å². The first kappa shape index (κ1) is 22.4. The third-order valence-electron chi connectivity index (χ3n) is 4.83. The van der Waals surface area contributed by atoms with E-state index in [1.165, 1.54) is 0 Å². The van der Waals surface area contributed by atoms with E-state index >= 15 is 0 Å². The summed E-state index contributed by atoms with van der Waals surface area (Å²) in [5.74, 6) is 0.252. The third kappa shape index (κ3) is 5.58. The van der Waals surface area contributed by atoms with Crippen LogP contribution in [0.2, 0.25) is 6.32 Å². The van der Waals surface area contributed by atoms with Crippen LogP contribution in [0.4, 0.5) is 0 Å². The molecule has 0 aromatic heterocycles. The van der Waals surface area contributed by atoms with Crippen molar-refractivity contribution in [1.82, 2.24) is 10.2 Å². The van der Waals surface area contributed by atoms with E-state index in [2.05, 4.69) is 5.32 Å². The Balaban J connectivity index is 1.85. The number of hydrogen-bond acceptors (Lipinski definition) is 8. The fourth-order valence-electron chi connectivity index (χ4n) is 3.14. The molecular weight excluding hydrogens is 365 g/mol. The lowest BCUT2D eigenvalue weighted by molar-refractivity contribution is -0.131. The van der Waals surface area contributed by atoms with Crippen molar-refractivity contribution in [3.05, 3.63) is 23.3 Å². The van der Waals surface area contributed by atoms with Crippen molar-refractivity contribution >= 4 is 13.4 Å². The first-order valence-corrected chi connectivity index (χ1v) is 9.38. The number of nitrogens with zero attached hydrogens (tertiary/aromatic N) is 1. The molecule has 1 aliphatic rings. The average molecular weight is 395 g/mol. The highest BCUT2D eigenvalue weighted by Gasteiger charge is 2.37. The van der Waals surface area contributed by atoms with Crippen molar-refractivity contribution in [2.75, 3.05) is 26.2 Å². The second kappa shape index (κ2) is 9.57. The second-order valence-corrected chi connectivity index (χ2v) is 7.55. The van der Waals surface area contributed by atoms with E-state index in [1.807, 2.05) is 11.0 Å². The molecule has 2 rings (SSSR count). The van der Waals surface area contributed by atoms with Gasteiger partial charge in [-0.2, -0.15) is 0 Å². The molecule has 2 atom stereocenters. The molecular formula is C18H30BN3O6. The standard InChI is InChI=1S/C18H30BN3O6/c1-11-14(4-3-12(16(11)25)5-6-19-27)28-13-7-22(8-13)10-18(2,20)17(26)21-15(24)9-23/h3-4,13,15,19,23-25,27H,5-10,20H2,1-2H3,(H,21,26)/t15?,18-/m1/s1. The molecule has 0 aliphatic carbocycles.